The van der Waals surface area contributed by atoms with E-state index in [1.54, 1.807) is 4.68 Å². The standard InChI is InChI=1S/C20H16FN5O2/c21-14-6-8-15(9-7-14)24-18(27)10-11-25-13-22-19-17(20(25)28)12-23-26(19)16-4-2-1-3-5-16/h1-9,12-13H,10-11H2,(H,24,27). The first kappa shape index (κ1) is 17.6. The highest BCUT2D eigenvalue weighted by atomic mass is 19.1. The Morgan fingerprint density at radius 2 is 1.82 bits per heavy atom. The molecule has 0 atom stereocenters. The fraction of sp³-hybridized carbons (Fsp3) is 0.100. The van der Waals surface area contributed by atoms with Gasteiger partial charge in [0.25, 0.3) is 5.56 Å². The largest absolute Gasteiger partial charge is 0.326 e. The number of hydrogen-bond donors (Lipinski definition) is 1. The first-order chi connectivity index (χ1) is 13.6. The lowest BCUT2D eigenvalue weighted by Gasteiger charge is -2.07. The van der Waals surface area contributed by atoms with Crippen LogP contribution in [0, 0.1) is 5.82 Å². The maximum absolute atomic E-state index is 12.9. The molecular weight excluding hydrogens is 361 g/mol. The quantitative estimate of drug-likeness (QED) is 0.580. The van der Waals surface area contributed by atoms with Gasteiger partial charge in [0.05, 0.1) is 18.2 Å². The summed E-state index contributed by atoms with van der Waals surface area (Å²) in [5.41, 5.74) is 1.50. The smallest absolute Gasteiger partial charge is 0.264 e. The van der Waals surface area contributed by atoms with Crippen LogP contribution in [0.5, 0.6) is 0 Å². The molecule has 0 saturated carbocycles. The van der Waals surface area contributed by atoms with Gasteiger partial charge in [-0.15, -0.1) is 0 Å². The van der Waals surface area contributed by atoms with E-state index in [0.29, 0.717) is 16.7 Å². The van der Waals surface area contributed by atoms with E-state index in [1.165, 1.54) is 41.4 Å². The van der Waals surface area contributed by atoms with E-state index in [2.05, 4.69) is 15.4 Å². The number of para-hydroxylation sites is 1. The Morgan fingerprint density at radius 1 is 1.07 bits per heavy atom. The van der Waals surface area contributed by atoms with Crippen molar-refractivity contribution in [2.24, 2.45) is 0 Å². The van der Waals surface area contributed by atoms with E-state index in [4.69, 9.17) is 0 Å². The Balaban J connectivity index is 1.50. The van der Waals surface area contributed by atoms with E-state index in [-0.39, 0.29) is 30.2 Å². The number of aromatic nitrogens is 4. The third kappa shape index (κ3) is 3.52. The van der Waals surface area contributed by atoms with Crippen LogP contribution >= 0.6 is 0 Å². The van der Waals surface area contributed by atoms with Crippen LogP contribution in [0.25, 0.3) is 16.7 Å². The molecule has 0 aliphatic carbocycles. The van der Waals surface area contributed by atoms with E-state index in [9.17, 15) is 14.0 Å². The molecule has 1 N–H and O–H groups in total. The lowest BCUT2D eigenvalue weighted by Crippen LogP contribution is -2.23. The van der Waals surface area contributed by atoms with Gasteiger partial charge >= 0.3 is 0 Å². The van der Waals surface area contributed by atoms with Crippen LogP contribution in [0.1, 0.15) is 6.42 Å². The maximum atomic E-state index is 12.9. The van der Waals surface area contributed by atoms with Crippen molar-refractivity contribution in [2.45, 2.75) is 13.0 Å². The van der Waals surface area contributed by atoms with Gasteiger partial charge < -0.3 is 5.32 Å². The first-order valence-electron chi connectivity index (χ1n) is 8.66. The minimum absolute atomic E-state index is 0.0806. The average Bonchev–Trinajstić information content (AvgIpc) is 3.15. The van der Waals surface area contributed by atoms with Gasteiger partial charge in [-0.1, -0.05) is 18.2 Å². The Morgan fingerprint density at radius 3 is 2.57 bits per heavy atom. The van der Waals surface area contributed by atoms with Gasteiger partial charge in [-0.2, -0.15) is 5.10 Å². The molecule has 2 heterocycles. The first-order valence-corrected chi connectivity index (χ1v) is 8.66. The molecule has 2 aromatic heterocycles. The molecular formula is C20H16FN5O2. The zero-order valence-electron chi connectivity index (χ0n) is 14.7. The minimum Gasteiger partial charge on any atom is -0.326 e. The van der Waals surface area contributed by atoms with Gasteiger partial charge in [-0.3, -0.25) is 14.2 Å². The molecule has 0 radical (unpaired) electrons. The van der Waals surface area contributed by atoms with Crippen molar-refractivity contribution in [3.63, 3.8) is 0 Å². The number of nitrogens with one attached hydrogen (secondary N) is 1. The molecule has 140 valence electrons. The number of nitrogens with zero attached hydrogens (tertiary/aromatic N) is 4. The van der Waals surface area contributed by atoms with Crippen LogP contribution in [-0.4, -0.2) is 25.2 Å². The third-order valence-electron chi connectivity index (χ3n) is 4.26. The molecule has 0 aliphatic heterocycles. The number of aryl methyl sites for hydroxylation is 1. The fourth-order valence-corrected chi connectivity index (χ4v) is 2.84. The summed E-state index contributed by atoms with van der Waals surface area (Å²) in [6.07, 6.45) is 2.97. The Hall–Kier alpha value is -3.81. The number of rotatable bonds is 5. The van der Waals surface area contributed by atoms with Crippen molar-refractivity contribution >= 4 is 22.6 Å². The van der Waals surface area contributed by atoms with E-state index < -0.39 is 0 Å². The van der Waals surface area contributed by atoms with Gasteiger partial charge in [-0.25, -0.2) is 14.1 Å². The highest BCUT2D eigenvalue weighted by Crippen LogP contribution is 2.13. The Kier molecular flexibility index (Phi) is 4.67. The van der Waals surface area contributed by atoms with Gasteiger partial charge in [0.1, 0.15) is 11.2 Å². The third-order valence-corrected chi connectivity index (χ3v) is 4.26. The molecule has 1 amide bonds. The zero-order chi connectivity index (χ0) is 19.5. The molecule has 28 heavy (non-hydrogen) atoms. The molecule has 0 spiro atoms. The molecule has 7 nitrogen and oxygen atoms in total. The number of benzene rings is 2. The van der Waals surface area contributed by atoms with Crippen molar-refractivity contribution in [3.8, 4) is 5.69 Å². The van der Waals surface area contributed by atoms with Crippen molar-refractivity contribution in [1.29, 1.82) is 0 Å². The summed E-state index contributed by atoms with van der Waals surface area (Å²) in [6, 6.07) is 14.9. The van der Waals surface area contributed by atoms with Crippen LogP contribution in [0.15, 0.2) is 71.9 Å². The normalized spacial score (nSPS) is 10.9. The van der Waals surface area contributed by atoms with Gasteiger partial charge in [-0.05, 0) is 36.4 Å². The van der Waals surface area contributed by atoms with Crippen molar-refractivity contribution in [3.05, 3.63) is 83.3 Å². The number of anilines is 1. The van der Waals surface area contributed by atoms with Crippen molar-refractivity contribution in [1.82, 2.24) is 19.3 Å². The molecule has 4 rings (SSSR count). The summed E-state index contributed by atoms with van der Waals surface area (Å²) < 4.78 is 15.9. The van der Waals surface area contributed by atoms with E-state index in [1.807, 2.05) is 30.3 Å². The topological polar surface area (TPSA) is 81.8 Å². The van der Waals surface area contributed by atoms with Gasteiger partial charge in [0.15, 0.2) is 5.65 Å². The lowest BCUT2D eigenvalue weighted by molar-refractivity contribution is -0.116. The molecule has 2 aromatic carbocycles. The van der Waals surface area contributed by atoms with Crippen LogP contribution < -0.4 is 10.9 Å². The Bertz CT molecular complexity index is 1180. The molecule has 0 fully saturated rings. The van der Waals surface area contributed by atoms with E-state index >= 15 is 0 Å². The minimum atomic E-state index is -0.375. The highest BCUT2D eigenvalue weighted by molar-refractivity contribution is 5.90. The number of halogens is 1. The lowest BCUT2D eigenvalue weighted by atomic mass is 10.3. The summed E-state index contributed by atoms with van der Waals surface area (Å²) >= 11 is 0. The Labute approximate surface area is 159 Å². The number of fused-ring (bicyclic) bond motifs is 1. The van der Waals surface area contributed by atoms with Crippen LogP contribution in [0.2, 0.25) is 0 Å². The number of hydrogen-bond acceptors (Lipinski definition) is 4. The second-order valence-corrected chi connectivity index (χ2v) is 6.18. The summed E-state index contributed by atoms with van der Waals surface area (Å²) in [4.78, 5) is 29.1. The SMILES string of the molecule is O=C(CCn1cnc2c(cnn2-c2ccccc2)c1=O)Nc1ccc(F)cc1. The summed E-state index contributed by atoms with van der Waals surface area (Å²) in [5.74, 6) is -0.654. The highest BCUT2D eigenvalue weighted by Gasteiger charge is 2.12. The predicted octanol–water partition coefficient (Wildman–Crippen LogP) is 2.75. The maximum Gasteiger partial charge on any atom is 0.264 e. The van der Waals surface area contributed by atoms with Crippen LogP contribution in [0.4, 0.5) is 10.1 Å². The predicted molar refractivity (Wildman–Crippen MR) is 103 cm³/mol. The fourth-order valence-electron chi connectivity index (χ4n) is 2.84. The van der Waals surface area contributed by atoms with Gasteiger partial charge in [0, 0.05) is 18.7 Å². The van der Waals surface area contributed by atoms with Crippen molar-refractivity contribution < 1.29 is 9.18 Å². The second kappa shape index (κ2) is 7.43. The molecule has 0 saturated heterocycles. The number of carbonyl (C=O) groups is 1. The van der Waals surface area contributed by atoms with Crippen LogP contribution in [-0.2, 0) is 11.3 Å². The summed E-state index contributed by atoms with van der Waals surface area (Å²) in [5, 5.41) is 7.30. The van der Waals surface area contributed by atoms with Gasteiger partial charge in [0.2, 0.25) is 5.91 Å². The molecule has 8 heteroatoms. The average molecular weight is 377 g/mol. The summed E-state index contributed by atoms with van der Waals surface area (Å²) in [7, 11) is 0. The van der Waals surface area contributed by atoms with E-state index in [0.717, 1.165) is 5.69 Å². The summed E-state index contributed by atoms with van der Waals surface area (Å²) in [6.45, 7) is 0.172. The number of amides is 1. The monoisotopic (exact) mass is 377 g/mol. The number of carbonyl (C=O) groups excluding carboxylic acids is 1. The molecule has 4 aromatic rings. The molecule has 0 aliphatic rings. The van der Waals surface area contributed by atoms with Crippen molar-refractivity contribution in [2.75, 3.05) is 5.32 Å². The zero-order valence-corrected chi connectivity index (χ0v) is 14.7. The molecule has 0 bridgehead atoms. The van der Waals surface area contributed by atoms with Crippen LogP contribution in [0.3, 0.4) is 0 Å². The second-order valence-electron chi connectivity index (χ2n) is 6.18. The molecule has 0 unspecified atom stereocenters.